The van der Waals surface area contributed by atoms with E-state index in [9.17, 15) is 4.79 Å². The molecule has 0 saturated carbocycles. The standard InChI is InChI=1S/C17H25NO3/c1-6-18(12-13(2)3)17(19)10-8-14-7-9-15(20-4)16(11-14)21-5/h7,9,11H,2,6,8,10,12H2,1,3-5H3. The summed E-state index contributed by atoms with van der Waals surface area (Å²) in [5.41, 5.74) is 2.06. The van der Waals surface area contributed by atoms with Gasteiger partial charge in [0.2, 0.25) is 5.91 Å². The fraction of sp³-hybridized carbons (Fsp3) is 0.471. The maximum Gasteiger partial charge on any atom is 0.223 e. The van der Waals surface area contributed by atoms with Gasteiger partial charge in [-0.15, -0.1) is 0 Å². The van der Waals surface area contributed by atoms with Gasteiger partial charge in [0.25, 0.3) is 0 Å². The molecule has 0 saturated heterocycles. The SMILES string of the molecule is C=C(C)CN(CC)C(=O)CCc1ccc(OC)c(OC)c1. The summed E-state index contributed by atoms with van der Waals surface area (Å²) >= 11 is 0. The summed E-state index contributed by atoms with van der Waals surface area (Å²) in [6.07, 6.45) is 1.17. The molecule has 116 valence electrons. The molecule has 0 spiro atoms. The number of aryl methyl sites for hydroxylation is 1. The Morgan fingerprint density at radius 2 is 1.90 bits per heavy atom. The first-order chi connectivity index (χ1) is 10.0. The Labute approximate surface area is 127 Å². The topological polar surface area (TPSA) is 38.8 Å². The van der Waals surface area contributed by atoms with E-state index in [1.54, 1.807) is 14.2 Å². The normalized spacial score (nSPS) is 10.1. The summed E-state index contributed by atoms with van der Waals surface area (Å²) in [5.74, 6) is 1.54. The number of carbonyl (C=O) groups excluding carboxylic acids is 1. The fourth-order valence-electron chi connectivity index (χ4n) is 2.15. The van der Waals surface area contributed by atoms with Crippen LogP contribution in [0, 0.1) is 0 Å². The molecule has 0 radical (unpaired) electrons. The summed E-state index contributed by atoms with van der Waals surface area (Å²) in [4.78, 5) is 14.0. The second kappa shape index (κ2) is 8.35. The molecule has 0 unspecified atom stereocenters. The molecule has 0 N–H and O–H groups in total. The smallest absolute Gasteiger partial charge is 0.223 e. The van der Waals surface area contributed by atoms with E-state index in [-0.39, 0.29) is 5.91 Å². The molecule has 1 amide bonds. The van der Waals surface area contributed by atoms with Crippen molar-refractivity contribution in [3.63, 3.8) is 0 Å². The lowest BCUT2D eigenvalue weighted by Crippen LogP contribution is -2.32. The molecule has 0 heterocycles. The zero-order valence-electron chi connectivity index (χ0n) is 13.4. The van der Waals surface area contributed by atoms with Gasteiger partial charge in [0, 0.05) is 19.5 Å². The first-order valence-electron chi connectivity index (χ1n) is 7.14. The van der Waals surface area contributed by atoms with Gasteiger partial charge in [-0.05, 0) is 38.0 Å². The van der Waals surface area contributed by atoms with Crippen LogP contribution in [-0.4, -0.2) is 38.1 Å². The Morgan fingerprint density at radius 1 is 1.24 bits per heavy atom. The Bertz CT molecular complexity index is 497. The van der Waals surface area contributed by atoms with E-state index in [0.29, 0.717) is 37.4 Å². The number of ether oxygens (including phenoxy) is 2. The Balaban J connectivity index is 2.65. The van der Waals surface area contributed by atoms with Gasteiger partial charge in [0.05, 0.1) is 14.2 Å². The molecular weight excluding hydrogens is 266 g/mol. The van der Waals surface area contributed by atoms with Crippen LogP contribution in [-0.2, 0) is 11.2 Å². The maximum atomic E-state index is 12.2. The predicted molar refractivity (Wildman–Crippen MR) is 84.9 cm³/mol. The van der Waals surface area contributed by atoms with Crippen molar-refractivity contribution in [2.45, 2.75) is 26.7 Å². The van der Waals surface area contributed by atoms with Crippen LogP contribution in [0.2, 0.25) is 0 Å². The summed E-state index contributed by atoms with van der Waals surface area (Å²) in [6.45, 7) is 9.11. The van der Waals surface area contributed by atoms with Gasteiger partial charge in [-0.3, -0.25) is 4.79 Å². The molecule has 4 nitrogen and oxygen atoms in total. The summed E-state index contributed by atoms with van der Waals surface area (Å²) in [7, 11) is 3.22. The first kappa shape index (κ1) is 17.1. The van der Waals surface area contributed by atoms with Crippen LogP contribution in [0.4, 0.5) is 0 Å². The number of hydrogen-bond donors (Lipinski definition) is 0. The Kier molecular flexibility index (Phi) is 6.79. The minimum Gasteiger partial charge on any atom is -0.493 e. The van der Waals surface area contributed by atoms with Crippen molar-refractivity contribution in [2.75, 3.05) is 27.3 Å². The van der Waals surface area contributed by atoms with Gasteiger partial charge in [-0.1, -0.05) is 18.2 Å². The molecule has 0 aliphatic heterocycles. The molecule has 0 fully saturated rings. The number of benzene rings is 1. The third-order valence-corrected chi connectivity index (χ3v) is 3.27. The molecular formula is C17H25NO3. The largest absolute Gasteiger partial charge is 0.493 e. The highest BCUT2D eigenvalue weighted by Gasteiger charge is 2.12. The van der Waals surface area contributed by atoms with Gasteiger partial charge >= 0.3 is 0 Å². The average Bonchev–Trinajstić information content (AvgIpc) is 2.49. The van der Waals surface area contributed by atoms with E-state index in [1.807, 2.05) is 36.9 Å². The number of carbonyl (C=O) groups is 1. The molecule has 0 atom stereocenters. The highest BCUT2D eigenvalue weighted by molar-refractivity contribution is 5.76. The second-order valence-electron chi connectivity index (χ2n) is 5.05. The summed E-state index contributed by atoms with van der Waals surface area (Å²) < 4.78 is 10.5. The van der Waals surface area contributed by atoms with Crippen LogP contribution in [0.5, 0.6) is 11.5 Å². The van der Waals surface area contributed by atoms with Crippen molar-refractivity contribution in [1.82, 2.24) is 4.90 Å². The van der Waals surface area contributed by atoms with E-state index in [1.165, 1.54) is 0 Å². The van der Waals surface area contributed by atoms with Crippen molar-refractivity contribution in [1.29, 1.82) is 0 Å². The molecule has 0 bridgehead atoms. The van der Waals surface area contributed by atoms with Gasteiger partial charge in [-0.25, -0.2) is 0 Å². The minimum absolute atomic E-state index is 0.148. The van der Waals surface area contributed by atoms with Crippen molar-refractivity contribution in [3.8, 4) is 11.5 Å². The lowest BCUT2D eigenvalue weighted by molar-refractivity contribution is -0.130. The van der Waals surface area contributed by atoms with Crippen LogP contribution in [0.25, 0.3) is 0 Å². The summed E-state index contributed by atoms with van der Waals surface area (Å²) in [6, 6.07) is 5.74. The molecule has 0 aliphatic carbocycles. The fourth-order valence-corrected chi connectivity index (χ4v) is 2.15. The molecule has 0 aliphatic rings. The average molecular weight is 291 g/mol. The minimum atomic E-state index is 0.148. The first-order valence-corrected chi connectivity index (χ1v) is 7.14. The van der Waals surface area contributed by atoms with Gasteiger partial charge < -0.3 is 14.4 Å². The zero-order chi connectivity index (χ0) is 15.8. The van der Waals surface area contributed by atoms with Gasteiger partial charge in [0.15, 0.2) is 11.5 Å². The van der Waals surface area contributed by atoms with Crippen molar-refractivity contribution in [3.05, 3.63) is 35.9 Å². The number of methoxy groups -OCH3 is 2. The number of rotatable bonds is 8. The molecule has 0 aromatic heterocycles. The van der Waals surface area contributed by atoms with Crippen LogP contribution in [0.3, 0.4) is 0 Å². The Hall–Kier alpha value is -1.97. The number of hydrogen-bond acceptors (Lipinski definition) is 3. The molecule has 4 heteroatoms. The highest BCUT2D eigenvalue weighted by Crippen LogP contribution is 2.28. The van der Waals surface area contributed by atoms with Crippen LogP contribution < -0.4 is 9.47 Å². The van der Waals surface area contributed by atoms with Crippen molar-refractivity contribution >= 4 is 5.91 Å². The number of nitrogens with zero attached hydrogens (tertiary/aromatic N) is 1. The third kappa shape index (κ3) is 5.14. The quantitative estimate of drug-likeness (QED) is 0.691. The summed E-state index contributed by atoms with van der Waals surface area (Å²) in [5, 5.41) is 0. The van der Waals surface area contributed by atoms with E-state index >= 15 is 0 Å². The second-order valence-corrected chi connectivity index (χ2v) is 5.05. The van der Waals surface area contributed by atoms with E-state index < -0.39 is 0 Å². The molecule has 1 rings (SSSR count). The van der Waals surface area contributed by atoms with Gasteiger partial charge in [-0.2, -0.15) is 0 Å². The molecule has 1 aromatic rings. The number of amides is 1. The van der Waals surface area contributed by atoms with Crippen LogP contribution in [0.15, 0.2) is 30.4 Å². The van der Waals surface area contributed by atoms with Crippen LogP contribution in [0.1, 0.15) is 25.8 Å². The lowest BCUT2D eigenvalue weighted by Gasteiger charge is -2.21. The monoisotopic (exact) mass is 291 g/mol. The number of likely N-dealkylation sites (N-methyl/N-ethyl adjacent to an activating group) is 1. The molecule has 1 aromatic carbocycles. The lowest BCUT2D eigenvalue weighted by atomic mass is 10.1. The zero-order valence-corrected chi connectivity index (χ0v) is 13.4. The van der Waals surface area contributed by atoms with E-state index in [2.05, 4.69) is 6.58 Å². The van der Waals surface area contributed by atoms with Crippen molar-refractivity contribution in [2.24, 2.45) is 0 Å². The van der Waals surface area contributed by atoms with E-state index in [0.717, 1.165) is 11.1 Å². The van der Waals surface area contributed by atoms with Crippen LogP contribution >= 0.6 is 0 Å². The third-order valence-electron chi connectivity index (χ3n) is 3.27. The predicted octanol–water partition coefficient (Wildman–Crippen LogP) is 3.06. The highest BCUT2D eigenvalue weighted by atomic mass is 16.5. The Morgan fingerprint density at radius 3 is 2.43 bits per heavy atom. The van der Waals surface area contributed by atoms with E-state index in [4.69, 9.17) is 9.47 Å². The van der Waals surface area contributed by atoms with Crippen molar-refractivity contribution < 1.29 is 14.3 Å². The molecule has 21 heavy (non-hydrogen) atoms. The van der Waals surface area contributed by atoms with Gasteiger partial charge in [0.1, 0.15) is 0 Å². The maximum absolute atomic E-state index is 12.2.